The molecule has 0 fully saturated rings. The first-order valence-corrected chi connectivity index (χ1v) is 5.88. The van der Waals surface area contributed by atoms with Gasteiger partial charge in [-0.1, -0.05) is 0 Å². The molecule has 0 aliphatic rings. The SMILES string of the molecule is COc1ccc(N)cc1C(=O)c1cc(C)c(F)cc1F. The molecule has 0 bridgehead atoms. The number of methoxy groups -OCH3 is 1. The summed E-state index contributed by atoms with van der Waals surface area (Å²) >= 11 is 0. The maximum absolute atomic E-state index is 13.8. The summed E-state index contributed by atoms with van der Waals surface area (Å²) < 4.78 is 32.1. The summed E-state index contributed by atoms with van der Waals surface area (Å²) in [6.45, 7) is 1.46. The van der Waals surface area contributed by atoms with E-state index in [-0.39, 0.29) is 22.4 Å². The second-order valence-corrected chi connectivity index (χ2v) is 4.37. The van der Waals surface area contributed by atoms with Gasteiger partial charge in [-0.05, 0) is 36.8 Å². The maximum atomic E-state index is 13.8. The lowest BCUT2D eigenvalue weighted by Gasteiger charge is -2.10. The predicted molar refractivity (Wildman–Crippen MR) is 71.9 cm³/mol. The molecule has 0 amide bonds. The quantitative estimate of drug-likeness (QED) is 0.693. The molecule has 104 valence electrons. The van der Waals surface area contributed by atoms with Crippen LogP contribution in [0.5, 0.6) is 5.75 Å². The van der Waals surface area contributed by atoms with Gasteiger partial charge in [0.15, 0.2) is 5.78 Å². The number of rotatable bonds is 3. The van der Waals surface area contributed by atoms with Crippen LogP contribution < -0.4 is 10.5 Å². The first kappa shape index (κ1) is 14.0. The number of halogens is 2. The van der Waals surface area contributed by atoms with Crippen LogP contribution in [0, 0.1) is 18.6 Å². The van der Waals surface area contributed by atoms with Crippen LogP contribution in [0.1, 0.15) is 21.5 Å². The maximum Gasteiger partial charge on any atom is 0.199 e. The number of nitrogen functional groups attached to an aromatic ring is 1. The molecule has 2 N–H and O–H groups in total. The third-order valence-electron chi connectivity index (χ3n) is 2.96. The van der Waals surface area contributed by atoms with Crippen molar-refractivity contribution in [2.24, 2.45) is 0 Å². The van der Waals surface area contributed by atoms with Crippen molar-refractivity contribution in [3.8, 4) is 5.75 Å². The van der Waals surface area contributed by atoms with Crippen molar-refractivity contribution in [1.82, 2.24) is 0 Å². The number of carbonyl (C=O) groups is 1. The van der Waals surface area contributed by atoms with Gasteiger partial charge in [-0.25, -0.2) is 8.78 Å². The van der Waals surface area contributed by atoms with Gasteiger partial charge in [-0.3, -0.25) is 4.79 Å². The number of hydrogen-bond acceptors (Lipinski definition) is 3. The van der Waals surface area contributed by atoms with Gasteiger partial charge in [0.05, 0.1) is 18.2 Å². The fourth-order valence-corrected chi connectivity index (χ4v) is 1.88. The van der Waals surface area contributed by atoms with Gasteiger partial charge in [0.25, 0.3) is 0 Å². The number of nitrogens with two attached hydrogens (primary N) is 1. The van der Waals surface area contributed by atoms with Gasteiger partial charge in [0.2, 0.25) is 0 Å². The lowest BCUT2D eigenvalue weighted by atomic mass is 9.99. The summed E-state index contributed by atoms with van der Waals surface area (Å²) in [5.74, 6) is -1.93. The van der Waals surface area contributed by atoms with Gasteiger partial charge < -0.3 is 10.5 Å². The molecule has 0 saturated carbocycles. The van der Waals surface area contributed by atoms with E-state index >= 15 is 0 Å². The van der Waals surface area contributed by atoms with Gasteiger partial charge in [0, 0.05) is 11.8 Å². The second kappa shape index (κ2) is 5.28. The Hall–Kier alpha value is -2.43. The van der Waals surface area contributed by atoms with Crippen LogP contribution >= 0.6 is 0 Å². The molecule has 0 saturated heterocycles. The minimum atomic E-state index is -0.914. The van der Waals surface area contributed by atoms with Crippen LogP contribution in [0.4, 0.5) is 14.5 Å². The highest BCUT2D eigenvalue weighted by Gasteiger charge is 2.20. The number of carbonyl (C=O) groups excluding carboxylic acids is 1. The Morgan fingerprint density at radius 2 is 1.80 bits per heavy atom. The summed E-state index contributed by atoms with van der Waals surface area (Å²) in [6.07, 6.45) is 0. The number of aryl methyl sites for hydroxylation is 1. The zero-order chi connectivity index (χ0) is 14.9. The second-order valence-electron chi connectivity index (χ2n) is 4.37. The molecular weight excluding hydrogens is 264 g/mol. The summed E-state index contributed by atoms with van der Waals surface area (Å²) in [5.41, 5.74) is 6.10. The highest BCUT2D eigenvalue weighted by Crippen LogP contribution is 2.26. The molecule has 2 aromatic rings. The average molecular weight is 277 g/mol. The number of hydrogen-bond donors (Lipinski definition) is 1. The first-order valence-electron chi connectivity index (χ1n) is 5.88. The van der Waals surface area contributed by atoms with Crippen LogP contribution in [0.25, 0.3) is 0 Å². The van der Waals surface area contributed by atoms with Crippen molar-refractivity contribution < 1.29 is 18.3 Å². The summed E-state index contributed by atoms with van der Waals surface area (Å²) in [5, 5.41) is 0. The molecule has 0 atom stereocenters. The van der Waals surface area contributed by atoms with E-state index in [1.807, 2.05) is 0 Å². The molecule has 0 unspecified atom stereocenters. The summed E-state index contributed by atoms with van der Waals surface area (Å²) in [7, 11) is 1.40. The van der Waals surface area contributed by atoms with E-state index in [9.17, 15) is 13.6 Å². The third kappa shape index (κ3) is 2.47. The van der Waals surface area contributed by atoms with Gasteiger partial charge in [0.1, 0.15) is 17.4 Å². The van der Waals surface area contributed by atoms with Gasteiger partial charge in [-0.15, -0.1) is 0 Å². The van der Waals surface area contributed by atoms with Crippen LogP contribution in [0.15, 0.2) is 30.3 Å². The van der Waals surface area contributed by atoms with Crippen LogP contribution in [-0.2, 0) is 0 Å². The van der Waals surface area contributed by atoms with Crippen molar-refractivity contribution in [2.75, 3.05) is 12.8 Å². The van der Waals surface area contributed by atoms with Crippen molar-refractivity contribution in [3.63, 3.8) is 0 Å². The molecule has 0 heterocycles. The number of ketones is 1. The molecule has 5 heteroatoms. The lowest BCUT2D eigenvalue weighted by molar-refractivity contribution is 0.103. The largest absolute Gasteiger partial charge is 0.496 e. The summed E-state index contributed by atoms with van der Waals surface area (Å²) in [4.78, 5) is 12.4. The van der Waals surface area contributed by atoms with E-state index in [0.29, 0.717) is 11.8 Å². The van der Waals surface area contributed by atoms with E-state index in [2.05, 4.69) is 0 Å². The molecule has 20 heavy (non-hydrogen) atoms. The average Bonchev–Trinajstić information content (AvgIpc) is 2.42. The minimum absolute atomic E-state index is 0.136. The van der Waals surface area contributed by atoms with E-state index in [1.54, 1.807) is 6.07 Å². The summed E-state index contributed by atoms with van der Waals surface area (Å²) in [6, 6.07) is 6.37. The molecular formula is C15H13F2NO2. The van der Waals surface area contributed by atoms with E-state index in [0.717, 1.165) is 0 Å². The number of anilines is 1. The van der Waals surface area contributed by atoms with Gasteiger partial charge in [-0.2, -0.15) is 0 Å². The Kier molecular flexibility index (Phi) is 3.70. The van der Waals surface area contributed by atoms with E-state index in [4.69, 9.17) is 10.5 Å². The topological polar surface area (TPSA) is 52.3 Å². The lowest BCUT2D eigenvalue weighted by Crippen LogP contribution is -2.08. The Balaban J connectivity index is 2.57. The zero-order valence-corrected chi connectivity index (χ0v) is 11.0. The Bertz CT molecular complexity index is 684. The monoisotopic (exact) mass is 277 g/mol. The molecule has 0 radical (unpaired) electrons. The fourth-order valence-electron chi connectivity index (χ4n) is 1.88. The van der Waals surface area contributed by atoms with Crippen molar-refractivity contribution in [2.45, 2.75) is 6.92 Å². The number of ether oxygens (including phenoxy) is 1. The number of benzene rings is 2. The molecule has 3 nitrogen and oxygen atoms in total. The predicted octanol–water partition coefficient (Wildman–Crippen LogP) is 3.10. The van der Waals surface area contributed by atoms with Crippen molar-refractivity contribution in [3.05, 3.63) is 58.7 Å². The molecule has 2 aromatic carbocycles. The first-order chi connectivity index (χ1) is 9.43. The normalized spacial score (nSPS) is 10.4. The van der Waals surface area contributed by atoms with E-state index in [1.165, 1.54) is 32.2 Å². The van der Waals surface area contributed by atoms with Crippen LogP contribution in [0.3, 0.4) is 0 Å². The van der Waals surface area contributed by atoms with Crippen molar-refractivity contribution >= 4 is 11.5 Å². The Labute approximate surface area is 115 Å². The molecule has 0 aromatic heterocycles. The van der Waals surface area contributed by atoms with E-state index < -0.39 is 17.4 Å². The Morgan fingerprint density at radius 3 is 2.45 bits per heavy atom. The standard InChI is InChI=1S/C15H13F2NO2/c1-8-5-10(13(17)7-12(8)16)15(19)11-6-9(18)3-4-14(11)20-2/h3-7H,18H2,1-2H3. The minimum Gasteiger partial charge on any atom is -0.496 e. The van der Waals surface area contributed by atoms with Crippen molar-refractivity contribution in [1.29, 1.82) is 0 Å². The molecule has 2 rings (SSSR count). The third-order valence-corrected chi connectivity index (χ3v) is 2.96. The van der Waals surface area contributed by atoms with Gasteiger partial charge >= 0.3 is 0 Å². The fraction of sp³-hybridized carbons (Fsp3) is 0.133. The molecule has 0 aliphatic carbocycles. The highest BCUT2D eigenvalue weighted by atomic mass is 19.1. The Morgan fingerprint density at radius 1 is 1.10 bits per heavy atom. The molecule has 0 spiro atoms. The zero-order valence-electron chi connectivity index (χ0n) is 11.0. The smallest absolute Gasteiger partial charge is 0.199 e. The van der Waals surface area contributed by atoms with Crippen LogP contribution in [-0.4, -0.2) is 12.9 Å². The highest BCUT2D eigenvalue weighted by molar-refractivity contribution is 6.11. The van der Waals surface area contributed by atoms with Crippen LogP contribution in [0.2, 0.25) is 0 Å². The molecule has 0 aliphatic heterocycles.